The summed E-state index contributed by atoms with van der Waals surface area (Å²) in [7, 11) is 0. The van der Waals surface area contributed by atoms with E-state index in [9.17, 15) is 4.79 Å². The standard InChI is InChI=1S/C14H18ClNO/c1-5-6-7-8-16-10(2)9-13(12(16)4)14(17)11(3)15/h9,11H,7-8H2,1-4H3. The maximum Gasteiger partial charge on any atom is 0.182 e. The number of nitrogens with zero attached hydrogens (tertiary/aromatic N) is 1. The summed E-state index contributed by atoms with van der Waals surface area (Å²) >= 11 is 5.84. The van der Waals surface area contributed by atoms with E-state index in [-0.39, 0.29) is 5.78 Å². The maximum atomic E-state index is 11.9. The van der Waals surface area contributed by atoms with E-state index in [0.717, 1.165) is 29.9 Å². The third-order valence-corrected chi connectivity index (χ3v) is 3.04. The largest absolute Gasteiger partial charge is 0.347 e. The monoisotopic (exact) mass is 251 g/mol. The molecule has 1 aromatic rings. The van der Waals surface area contributed by atoms with Crippen LogP contribution in [0, 0.1) is 25.7 Å². The van der Waals surface area contributed by atoms with Crippen molar-refractivity contribution in [3.8, 4) is 11.8 Å². The van der Waals surface area contributed by atoms with Crippen LogP contribution in [-0.4, -0.2) is 15.7 Å². The van der Waals surface area contributed by atoms with Gasteiger partial charge in [0.25, 0.3) is 0 Å². The van der Waals surface area contributed by atoms with Crippen LogP contribution in [-0.2, 0) is 6.54 Å². The van der Waals surface area contributed by atoms with Gasteiger partial charge in [-0.15, -0.1) is 23.4 Å². The van der Waals surface area contributed by atoms with Gasteiger partial charge in [0, 0.05) is 29.9 Å². The summed E-state index contributed by atoms with van der Waals surface area (Å²) in [5.41, 5.74) is 2.80. The third kappa shape index (κ3) is 3.14. The van der Waals surface area contributed by atoms with E-state index >= 15 is 0 Å². The molecule has 1 rings (SSSR count). The Morgan fingerprint density at radius 2 is 2.18 bits per heavy atom. The minimum absolute atomic E-state index is 0.00686. The SMILES string of the molecule is CC#CCCn1c(C)cc(C(=O)C(C)Cl)c1C. The molecule has 1 unspecified atom stereocenters. The summed E-state index contributed by atoms with van der Waals surface area (Å²) in [4.78, 5) is 11.9. The second-order valence-corrected chi connectivity index (χ2v) is 4.75. The first-order valence-electron chi connectivity index (χ1n) is 5.73. The van der Waals surface area contributed by atoms with Gasteiger partial charge in [0.15, 0.2) is 5.78 Å². The molecule has 0 saturated carbocycles. The molecule has 0 fully saturated rings. The second-order valence-electron chi connectivity index (χ2n) is 4.09. The number of carbonyl (C=O) groups excluding carboxylic acids is 1. The fourth-order valence-electron chi connectivity index (χ4n) is 1.90. The molecule has 3 heteroatoms. The van der Waals surface area contributed by atoms with Crippen LogP contribution < -0.4 is 0 Å². The lowest BCUT2D eigenvalue weighted by Gasteiger charge is -2.07. The number of aryl methyl sites for hydroxylation is 1. The van der Waals surface area contributed by atoms with Gasteiger partial charge in [-0.2, -0.15) is 0 Å². The Morgan fingerprint density at radius 1 is 1.53 bits per heavy atom. The smallest absolute Gasteiger partial charge is 0.182 e. The molecule has 0 aliphatic heterocycles. The molecule has 0 aliphatic carbocycles. The molecule has 0 amide bonds. The lowest BCUT2D eigenvalue weighted by atomic mass is 10.1. The van der Waals surface area contributed by atoms with Gasteiger partial charge in [-0.1, -0.05) is 0 Å². The summed E-state index contributed by atoms with van der Waals surface area (Å²) in [5, 5.41) is -0.473. The Morgan fingerprint density at radius 3 is 2.71 bits per heavy atom. The van der Waals surface area contributed by atoms with Crippen LogP contribution >= 0.6 is 11.6 Å². The molecular formula is C14H18ClNO. The van der Waals surface area contributed by atoms with Gasteiger partial charge in [-0.05, 0) is 33.8 Å². The number of hydrogen-bond acceptors (Lipinski definition) is 1. The molecular weight excluding hydrogens is 234 g/mol. The van der Waals surface area contributed by atoms with Crippen LogP contribution in [0.2, 0.25) is 0 Å². The summed E-state index contributed by atoms with van der Waals surface area (Å²) in [6.07, 6.45) is 0.802. The summed E-state index contributed by atoms with van der Waals surface area (Å²) < 4.78 is 2.12. The highest BCUT2D eigenvalue weighted by molar-refractivity contribution is 6.33. The Bertz CT molecular complexity index is 474. The van der Waals surface area contributed by atoms with Crippen LogP contribution in [0.4, 0.5) is 0 Å². The molecule has 1 aromatic heterocycles. The second kappa shape index (κ2) is 5.93. The van der Waals surface area contributed by atoms with Crippen LogP contribution in [0.25, 0.3) is 0 Å². The molecule has 0 spiro atoms. The number of carbonyl (C=O) groups is 1. The highest BCUT2D eigenvalue weighted by Gasteiger charge is 2.18. The average Bonchev–Trinajstić information content (AvgIpc) is 2.55. The summed E-state index contributed by atoms with van der Waals surface area (Å²) in [5.74, 6) is 5.90. The Balaban J connectivity index is 3.00. The van der Waals surface area contributed by atoms with Crippen molar-refractivity contribution in [1.29, 1.82) is 0 Å². The first-order valence-corrected chi connectivity index (χ1v) is 6.17. The van der Waals surface area contributed by atoms with Gasteiger partial charge < -0.3 is 4.57 Å². The predicted octanol–water partition coefficient (Wildman–Crippen LogP) is 3.33. The van der Waals surface area contributed by atoms with Gasteiger partial charge >= 0.3 is 0 Å². The minimum atomic E-state index is -0.473. The van der Waals surface area contributed by atoms with Crippen molar-refractivity contribution in [1.82, 2.24) is 4.57 Å². The number of hydrogen-bond donors (Lipinski definition) is 0. The number of ketones is 1. The Hall–Kier alpha value is -1.20. The molecule has 92 valence electrons. The highest BCUT2D eigenvalue weighted by atomic mass is 35.5. The Labute approximate surface area is 108 Å². The van der Waals surface area contributed by atoms with Gasteiger partial charge in [0.05, 0.1) is 5.38 Å². The number of Topliss-reactive ketones (excluding diaryl/α,β-unsaturated/α-hetero) is 1. The topological polar surface area (TPSA) is 22.0 Å². The van der Waals surface area contributed by atoms with Crippen molar-refractivity contribution >= 4 is 17.4 Å². The first kappa shape index (κ1) is 13.9. The predicted molar refractivity (Wildman–Crippen MR) is 71.6 cm³/mol. The third-order valence-electron chi connectivity index (χ3n) is 2.84. The van der Waals surface area contributed by atoms with E-state index < -0.39 is 5.38 Å². The van der Waals surface area contributed by atoms with Crippen LogP contribution in [0.5, 0.6) is 0 Å². The molecule has 0 N–H and O–H groups in total. The highest BCUT2D eigenvalue weighted by Crippen LogP contribution is 2.18. The zero-order valence-electron chi connectivity index (χ0n) is 10.8. The van der Waals surface area contributed by atoms with Gasteiger partial charge in [0.2, 0.25) is 0 Å². The fourth-order valence-corrected chi connectivity index (χ4v) is 2.02. The average molecular weight is 252 g/mol. The molecule has 1 heterocycles. The number of aromatic nitrogens is 1. The molecule has 17 heavy (non-hydrogen) atoms. The van der Waals surface area contributed by atoms with Crippen molar-refractivity contribution in [3.05, 3.63) is 23.0 Å². The zero-order valence-corrected chi connectivity index (χ0v) is 11.6. The number of rotatable bonds is 4. The van der Waals surface area contributed by atoms with Gasteiger partial charge in [-0.3, -0.25) is 4.79 Å². The maximum absolute atomic E-state index is 11.9. The van der Waals surface area contributed by atoms with E-state index in [2.05, 4.69) is 16.4 Å². The van der Waals surface area contributed by atoms with Crippen molar-refractivity contribution in [2.24, 2.45) is 0 Å². The van der Waals surface area contributed by atoms with Crippen LogP contribution in [0.3, 0.4) is 0 Å². The van der Waals surface area contributed by atoms with E-state index in [4.69, 9.17) is 11.6 Å². The summed E-state index contributed by atoms with van der Waals surface area (Å²) in [6.45, 7) is 8.32. The van der Waals surface area contributed by atoms with Crippen molar-refractivity contribution in [2.45, 2.75) is 46.0 Å². The quantitative estimate of drug-likeness (QED) is 0.457. The molecule has 0 aliphatic rings. The van der Waals surface area contributed by atoms with E-state index in [1.165, 1.54) is 0 Å². The molecule has 0 aromatic carbocycles. The van der Waals surface area contributed by atoms with Crippen molar-refractivity contribution in [3.63, 3.8) is 0 Å². The normalized spacial score (nSPS) is 11.8. The molecule has 0 bridgehead atoms. The van der Waals surface area contributed by atoms with Gasteiger partial charge in [-0.25, -0.2) is 0 Å². The molecule has 0 radical (unpaired) electrons. The number of alkyl halides is 1. The lowest BCUT2D eigenvalue weighted by molar-refractivity contribution is 0.0991. The number of halogens is 1. The van der Waals surface area contributed by atoms with E-state index in [1.54, 1.807) is 6.92 Å². The van der Waals surface area contributed by atoms with Crippen LogP contribution in [0.15, 0.2) is 6.07 Å². The first-order chi connectivity index (χ1) is 7.99. The van der Waals surface area contributed by atoms with E-state index in [1.807, 2.05) is 26.8 Å². The van der Waals surface area contributed by atoms with Crippen molar-refractivity contribution < 1.29 is 4.79 Å². The zero-order chi connectivity index (χ0) is 13.0. The molecule has 1 atom stereocenters. The minimum Gasteiger partial charge on any atom is -0.347 e. The molecule has 2 nitrogen and oxygen atoms in total. The Kier molecular flexibility index (Phi) is 4.84. The summed E-state index contributed by atoms with van der Waals surface area (Å²) in [6, 6.07) is 1.91. The fraction of sp³-hybridized carbons (Fsp3) is 0.500. The van der Waals surface area contributed by atoms with Gasteiger partial charge in [0.1, 0.15) is 0 Å². The lowest BCUT2D eigenvalue weighted by Crippen LogP contribution is -2.12. The molecule has 0 saturated heterocycles. The van der Waals surface area contributed by atoms with Crippen LogP contribution in [0.1, 0.15) is 42.0 Å². The van der Waals surface area contributed by atoms with E-state index in [0.29, 0.717) is 0 Å². The van der Waals surface area contributed by atoms with Crippen molar-refractivity contribution in [2.75, 3.05) is 0 Å².